The lowest BCUT2D eigenvalue weighted by Gasteiger charge is -2.35. The zero-order valence-corrected chi connectivity index (χ0v) is 14.5. The van der Waals surface area contributed by atoms with Gasteiger partial charge in [0.1, 0.15) is 6.10 Å². The maximum Gasteiger partial charge on any atom is 0.317 e. The van der Waals surface area contributed by atoms with Crippen LogP contribution in [0.15, 0.2) is 24.3 Å². The topological polar surface area (TPSA) is 82.0 Å². The van der Waals surface area contributed by atoms with Gasteiger partial charge in [0.2, 0.25) is 0 Å². The number of phenols is 1. The zero-order valence-electron chi connectivity index (χ0n) is 14.5. The summed E-state index contributed by atoms with van der Waals surface area (Å²) in [5.74, 6) is 0.628. The molecular formula is C19H24N2O4. The molecule has 134 valence electrons. The van der Waals surface area contributed by atoms with Gasteiger partial charge in [-0.15, -0.1) is 0 Å². The van der Waals surface area contributed by atoms with Crippen molar-refractivity contribution in [2.45, 2.75) is 56.9 Å². The highest BCUT2D eigenvalue weighted by Crippen LogP contribution is 2.55. The van der Waals surface area contributed by atoms with E-state index >= 15 is 0 Å². The number of nitrogens with zero attached hydrogens (tertiary/aromatic N) is 1. The minimum Gasteiger partial charge on any atom is -0.504 e. The van der Waals surface area contributed by atoms with E-state index in [0.29, 0.717) is 31.7 Å². The largest absolute Gasteiger partial charge is 0.504 e. The first kappa shape index (κ1) is 16.3. The molecule has 2 amide bonds. The molecule has 0 aromatic heterocycles. The number of hydrogen-bond donors (Lipinski definition) is 3. The van der Waals surface area contributed by atoms with Crippen molar-refractivity contribution in [2.75, 3.05) is 6.54 Å². The molecule has 4 rings (SSSR count). The SMILES string of the molecule is CC(C)NC(=O)N1CC[C@@]23C=CC(O)C[C@@H]2Oc2c(O)ccc(c23)C1. The summed E-state index contributed by atoms with van der Waals surface area (Å²) in [6.45, 7) is 4.96. The second-order valence-corrected chi connectivity index (χ2v) is 7.53. The van der Waals surface area contributed by atoms with Gasteiger partial charge in [0.25, 0.3) is 0 Å². The van der Waals surface area contributed by atoms with Crippen LogP contribution in [0, 0.1) is 0 Å². The lowest BCUT2D eigenvalue weighted by atomic mass is 9.69. The standard InChI is InChI=1S/C19H24N2O4/c1-11(2)20-18(24)21-8-7-19-6-5-13(22)9-15(19)25-17-14(23)4-3-12(10-21)16(17)19/h3-6,11,13,15,22-23H,7-10H2,1-2H3,(H,20,24)/t13?,15-,19-/m0/s1. The van der Waals surface area contributed by atoms with Crippen LogP contribution in [0.25, 0.3) is 0 Å². The summed E-state index contributed by atoms with van der Waals surface area (Å²) < 4.78 is 6.06. The summed E-state index contributed by atoms with van der Waals surface area (Å²) >= 11 is 0. The van der Waals surface area contributed by atoms with Crippen LogP contribution in [-0.2, 0) is 12.0 Å². The van der Waals surface area contributed by atoms with E-state index in [1.54, 1.807) is 6.07 Å². The van der Waals surface area contributed by atoms with E-state index in [1.807, 2.05) is 37.0 Å². The summed E-state index contributed by atoms with van der Waals surface area (Å²) in [4.78, 5) is 14.3. The molecular weight excluding hydrogens is 320 g/mol. The molecule has 0 saturated heterocycles. The van der Waals surface area contributed by atoms with Crippen LogP contribution in [0.5, 0.6) is 11.5 Å². The van der Waals surface area contributed by atoms with Crippen molar-refractivity contribution in [1.29, 1.82) is 0 Å². The van der Waals surface area contributed by atoms with Gasteiger partial charge in [0.05, 0.1) is 11.5 Å². The van der Waals surface area contributed by atoms with Crippen LogP contribution in [0.1, 0.15) is 37.8 Å². The number of carbonyl (C=O) groups is 1. The minimum atomic E-state index is -0.542. The highest BCUT2D eigenvalue weighted by atomic mass is 16.5. The van der Waals surface area contributed by atoms with E-state index in [-0.39, 0.29) is 23.9 Å². The highest BCUT2D eigenvalue weighted by molar-refractivity contribution is 5.75. The molecule has 1 aliphatic carbocycles. The van der Waals surface area contributed by atoms with E-state index < -0.39 is 11.5 Å². The number of nitrogens with one attached hydrogen (secondary N) is 1. The number of carbonyl (C=O) groups excluding carboxylic acids is 1. The number of aromatic hydroxyl groups is 1. The molecule has 2 aliphatic heterocycles. The van der Waals surface area contributed by atoms with Crippen LogP contribution >= 0.6 is 0 Å². The molecule has 3 atom stereocenters. The molecule has 3 N–H and O–H groups in total. The Morgan fingerprint density at radius 1 is 1.44 bits per heavy atom. The summed E-state index contributed by atoms with van der Waals surface area (Å²) in [5.41, 5.74) is 1.57. The Bertz CT molecular complexity index is 745. The Morgan fingerprint density at radius 2 is 2.24 bits per heavy atom. The molecule has 0 radical (unpaired) electrons. The molecule has 1 spiro atoms. The zero-order chi connectivity index (χ0) is 17.8. The third kappa shape index (κ3) is 2.47. The first-order valence-corrected chi connectivity index (χ1v) is 8.85. The number of aliphatic hydroxyl groups is 1. The number of amides is 2. The molecule has 0 fully saturated rings. The Morgan fingerprint density at radius 3 is 3.00 bits per heavy atom. The predicted octanol–water partition coefficient (Wildman–Crippen LogP) is 2.04. The summed E-state index contributed by atoms with van der Waals surface area (Å²) in [7, 11) is 0. The fourth-order valence-corrected chi connectivity index (χ4v) is 4.30. The molecule has 1 aromatic rings. The van der Waals surface area contributed by atoms with E-state index in [1.165, 1.54) is 0 Å². The van der Waals surface area contributed by atoms with Crippen molar-refractivity contribution in [3.8, 4) is 11.5 Å². The quantitative estimate of drug-likeness (QED) is 0.681. The fourth-order valence-electron chi connectivity index (χ4n) is 4.30. The van der Waals surface area contributed by atoms with Crippen LogP contribution in [0.4, 0.5) is 4.79 Å². The Balaban J connectivity index is 1.78. The van der Waals surface area contributed by atoms with Gasteiger partial charge in [0.15, 0.2) is 11.5 Å². The average molecular weight is 344 g/mol. The summed E-state index contributed by atoms with van der Waals surface area (Å²) in [6, 6.07) is 3.50. The molecule has 6 heteroatoms. The Hall–Kier alpha value is -2.21. The Kier molecular flexibility index (Phi) is 3.68. The van der Waals surface area contributed by atoms with Gasteiger partial charge in [-0.25, -0.2) is 4.79 Å². The molecule has 0 saturated carbocycles. The van der Waals surface area contributed by atoms with Gasteiger partial charge in [-0.1, -0.05) is 18.2 Å². The number of aliphatic hydroxyl groups excluding tert-OH is 1. The van der Waals surface area contributed by atoms with Gasteiger partial charge in [-0.3, -0.25) is 0 Å². The molecule has 2 heterocycles. The monoisotopic (exact) mass is 344 g/mol. The van der Waals surface area contributed by atoms with Crippen molar-refractivity contribution < 1.29 is 19.7 Å². The van der Waals surface area contributed by atoms with Crippen LogP contribution in [-0.4, -0.2) is 45.9 Å². The lowest BCUT2D eigenvalue weighted by molar-refractivity contribution is 0.0821. The first-order chi connectivity index (χ1) is 11.9. The van der Waals surface area contributed by atoms with Gasteiger partial charge in [-0.2, -0.15) is 0 Å². The molecule has 25 heavy (non-hydrogen) atoms. The van der Waals surface area contributed by atoms with E-state index in [9.17, 15) is 15.0 Å². The lowest BCUT2D eigenvalue weighted by Crippen LogP contribution is -2.45. The van der Waals surface area contributed by atoms with E-state index in [4.69, 9.17) is 4.74 Å². The maximum atomic E-state index is 12.5. The average Bonchev–Trinajstić information content (AvgIpc) is 2.78. The van der Waals surface area contributed by atoms with Crippen molar-refractivity contribution in [1.82, 2.24) is 10.2 Å². The minimum absolute atomic E-state index is 0.0771. The Labute approximate surface area is 147 Å². The van der Waals surface area contributed by atoms with Gasteiger partial charge < -0.3 is 25.2 Å². The molecule has 1 unspecified atom stereocenters. The second kappa shape index (κ2) is 5.66. The number of urea groups is 1. The molecule has 6 nitrogen and oxygen atoms in total. The number of phenolic OH excluding ortho intramolecular Hbond substituents is 1. The smallest absolute Gasteiger partial charge is 0.317 e. The summed E-state index contributed by atoms with van der Waals surface area (Å²) in [6.07, 6.45) is 4.26. The van der Waals surface area contributed by atoms with Gasteiger partial charge in [0, 0.05) is 31.1 Å². The third-order valence-electron chi connectivity index (χ3n) is 5.45. The van der Waals surface area contributed by atoms with Crippen LogP contribution < -0.4 is 10.1 Å². The van der Waals surface area contributed by atoms with Crippen LogP contribution in [0.2, 0.25) is 0 Å². The highest BCUT2D eigenvalue weighted by Gasteiger charge is 2.53. The molecule has 1 aromatic carbocycles. The number of rotatable bonds is 1. The van der Waals surface area contributed by atoms with Gasteiger partial charge in [-0.05, 0) is 31.9 Å². The predicted molar refractivity (Wildman–Crippen MR) is 92.7 cm³/mol. The van der Waals surface area contributed by atoms with Crippen molar-refractivity contribution in [3.05, 3.63) is 35.4 Å². The maximum absolute atomic E-state index is 12.5. The van der Waals surface area contributed by atoms with E-state index in [2.05, 4.69) is 5.32 Å². The van der Waals surface area contributed by atoms with Gasteiger partial charge >= 0.3 is 6.03 Å². The number of hydrogen-bond acceptors (Lipinski definition) is 4. The number of ether oxygens (including phenoxy) is 1. The number of benzene rings is 1. The molecule has 3 aliphatic rings. The van der Waals surface area contributed by atoms with E-state index in [0.717, 1.165) is 11.1 Å². The second-order valence-electron chi connectivity index (χ2n) is 7.53. The molecule has 0 bridgehead atoms. The van der Waals surface area contributed by atoms with Crippen LogP contribution in [0.3, 0.4) is 0 Å². The first-order valence-electron chi connectivity index (χ1n) is 8.85. The van der Waals surface area contributed by atoms with Crippen molar-refractivity contribution >= 4 is 6.03 Å². The summed E-state index contributed by atoms with van der Waals surface area (Å²) in [5, 5.41) is 23.2. The van der Waals surface area contributed by atoms with Crippen molar-refractivity contribution in [3.63, 3.8) is 0 Å². The van der Waals surface area contributed by atoms with Crippen molar-refractivity contribution in [2.24, 2.45) is 0 Å². The normalized spacial score (nSPS) is 29.7. The fraction of sp³-hybridized carbons (Fsp3) is 0.526. The third-order valence-corrected chi connectivity index (χ3v) is 5.45.